The third-order valence-corrected chi connectivity index (χ3v) is 2.88. The van der Waals surface area contributed by atoms with Crippen LogP contribution in [-0.4, -0.2) is 9.55 Å². The van der Waals surface area contributed by atoms with Crippen molar-refractivity contribution < 1.29 is 0 Å². The number of hydrogen-bond donors (Lipinski definition) is 0. The van der Waals surface area contributed by atoms with E-state index >= 15 is 0 Å². The van der Waals surface area contributed by atoms with E-state index in [0.29, 0.717) is 12.5 Å². The summed E-state index contributed by atoms with van der Waals surface area (Å²) in [6.07, 6.45) is 7.92. The molecule has 1 aliphatic rings. The Bertz CT molecular complexity index is 453. The van der Waals surface area contributed by atoms with Gasteiger partial charge in [-0.05, 0) is 18.8 Å². The Morgan fingerprint density at radius 2 is 2.33 bits per heavy atom. The minimum atomic E-state index is -0.277. The zero-order chi connectivity index (χ0) is 10.8. The number of rotatable bonds is 2. The molecule has 0 saturated heterocycles. The molecule has 3 nitrogen and oxygen atoms in total. The maximum atomic E-state index is 11.6. The van der Waals surface area contributed by atoms with Gasteiger partial charge in [-0.3, -0.25) is 4.79 Å². The van der Waals surface area contributed by atoms with Crippen LogP contribution in [0.15, 0.2) is 23.1 Å². The molecule has 2 rings (SSSR count). The minimum absolute atomic E-state index is 0.0653. The fourth-order valence-corrected chi connectivity index (χ4v) is 2.16. The summed E-state index contributed by atoms with van der Waals surface area (Å²) in [6, 6.07) is 0. The van der Waals surface area contributed by atoms with Gasteiger partial charge in [-0.1, -0.05) is 35.4 Å². The lowest BCUT2D eigenvalue weighted by molar-refractivity contribution is 0.508. The molecule has 0 spiro atoms. The standard InChI is InChI=1S/C10H10Cl2N2O/c11-8-6-14(10(15)9(12)13-8)5-7-3-1-2-4-7/h1,3,6-7H,2,4-5H2. The van der Waals surface area contributed by atoms with Crippen molar-refractivity contribution in [2.75, 3.05) is 0 Å². The van der Waals surface area contributed by atoms with Crippen molar-refractivity contribution in [1.82, 2.24) is 9.55 Å². The first-order valence-electron chi connectivity index (χ1n) is 4.76. The molecular weight excluding hydrogens is 235 g/mol. The van der Waals surface area contributed by atoms with Crippen LogP contribution in [0.25, 0.3) is 0 Å². The molecule has 0 radical (unpaired) electrons. The van der Waals surface area contributed by atoms with Crippen LogP contribution < -0.4 is 5.56 Å². The Hall–Kier alpha value is -0.800. The fraction of sp³-hybridized carbons (Fsp3) is 0.400. The van der Waals surface area contributed by atoms with Crippen LogP contribution in [0.5, 0.6) is 0 Å². The quantitative estimate of drug-likeness (QED) is 0.750. The van der Waals surface area contributed by atoms with Crippen molar-refractivity contribution >= 4 is 23.2 Å². The number of hydrogen-bond acceptors (Lipinski definition) is 2. The van der Waals surface area contributed by atoms with Crippen LogP contribution >= 0.6 is 23.2 Å². The minimum Gasteiger partial charge on any atom is -0.309 e. The second-order valence-electron chi connectivity index (χ2n) is 3.58. The van der Waals surface area contributed by atoms with Crippen molar-refractivity contribution in [3.63, 3.8) is 0 Å². The van der Waals surface area contributed by atoms with E-state index in [0.717, 1.165) is 12.8 Å². The molecule has 1 atom stereocenters. The monoisotopic (exact) mass is 244 g/mol. The molecule has 0 bridgehead atoms. The predicted octanol–water partition coefficient (Wildman–Crippen LogP) is 2.52. The molecule has 15 heavy (non-hydrogen) atoms. The fourth-order valence-electron chi connectivity index (χ4n) is 1.71. The Morgan fingerprint density at radius 1 is 1.53 bits per heavy atom. The predicted molar refractivity (Wildman–Crippen MR) is 60.4 cm³/mol. The zero-order valence-corrected chi connectivity index (χ0v) is 9.50. The molecule has 0 aliphatic heterocycles. The lowest BCUT2D eigenvalue weighted by Gasteiger charge is -2.10. The zero-order valence-electron chi connectivity index (χ0n) is 7.99. The summed E-state index contributed by atoms with van der Waals surface area (Å²) in [5.41, 5.74) is -0.277. The summed E-state index contributed by atoms with van der Waals surface area (Å²) in [7, 11) is 0. The molecule has 80 valence electrons. The van der Waals surface area contributed by atoms with Crippen LogP contribution in [0.2, 0.25) is 10.3 Å². The van der Waals surface area contributed by atoms with E-state index < -0.39 is 0 Å². The van der Waals surface area contributed by atoms with E-state index in [1.807, 2.05) is 0 Å². The van der Waals surface area contributed by atoms with Gasteiger partial charge < -0.3 is 4.57 Å². The molecule has 0 aromatic carbocycles. The first kappa shape index (κ1) is 10.7. The van der Waals surface area contributed by atoms with E-state index in [1.54, 1.807) is 0 Å². The van der Waals surface area contributed by atoms with Gasteiger partial charge in [0.25, 0.3) is 5.56 Å². The second kappa shape index (κ2) is 4.37. The molecule has 1 aliphatic carbocycles. The first-order valence-corrected chi connectivity index (χ1v) is 5.51. The van der Waals surface area contributed by atoms with Crippen molar-refractivity contribution in [1.29, 1.82) is 0 Å². The Labute approximate surface area is 97.3 Å². The number of allylic oxidation sites excluding steroid dienone is 2. The van der Waals surface area contributed by atoms with Crippen molar-refractivity contribution in [3.8, 4) is 0 Å². The van der Waals surface area contributed by atoms with Gasteiger partial charge in [0.2, 0.25) is 0 Å². The van der Waals surface area contributed by atoms with Crippen LogP contribution in [-0.2, 0) is 6.54 Å². The topological polar surface area (TPSA) is 34.9 Å². The molecule has 1 aromatic rings. The first-order chi connectivity index (χ1) is 7.16. The molecule has 0 amide bonds. The lowest BCUT2D eigenvalue weighted by atomic mass is 10.1. The Morgan fingerprint density at radius 3 is 3.00 bits per heavy atom. The van der Waals surface area contributed by atoms with Crippen LogP contribution in [0.1, 0.15) is 12.8 Å². The number of nitrogens with zero attached hydrogens (tertiary/aromatic N) is 2. The Kier molecular flexibility index (Phi) is 3.12. The highest BCUT2D eigenvalue weighted by Crippen LogP contribution is 2.18. The number of halogens is 2. The molecule has 1 heterocycles. The van der Waals surface area contributed by atoms with E-state index in [-0.39, 0.29) is 15.9 Å². The van der Waals surface area contributed by atoms with E-state index in [9.17, 15) is 4.79 Å². The van der Waals surface area contributed by atoms with E-state index in [2.05, 4.69) is 17.1 Å². The molecule has 0 saturated carbocycles. The van der Waals surface area contributed by atoms with Gasteiger partial charge in [0, 0.05) is 12.7 Å². The van der Waals surface area contributed by atoms with Crippen LogP contribution in [0.4, 0.5) is 0 Å². The smallest absolute Gasteiger partial charge is 0.288 e. The average molecular weight is 245 g/mol. The third kappa shape index (κ3) is 2.41. The summed E-state index contributed by atoms with van der Waals surface area (Å²) in [4.78, 5) is 15.3. The third-order valence-electron chi connectivity index (χ3n) is 2.45. The van der Waals surface area contributed by atoms with Gasteiger partial charge in [-0.15, -0.1) is 0 Å². The summed E-state index contributed by atoms with van der Waals surface area (Å²) in [6.45, 7) is 0.622. The van der Waals surface area contributed by atoms with Crippen LogP contribution in [0, 0.1) is 5.92 Å². The number of aromatic nitrogens is 2. The van der Waals surface area contributed by atoms with Gasteiger partial charge in [-0.25, -0.2) is 4.98 Å². The summed E-state index contributed by atoms with van der Waals surface area (Å²) in [5, 5.41) is 0.186. The summed E-state index contributed by atoms with van der Waals surface area (Å²) in [5.74, 6) is 0.400. The van der Waals surface area contributed by atoms with Gasteiger partial charge >= 0.3 is 0 Å². The largest absolute Gasteiger partial charge is 0.309 e. The maximum absolute atomic E-state index is 11.6. The normalized spacial score (nSPS) is 19.7. The highest BCUT2D eigenvalue weighted by atomic mass is 35.5. The lowest BCUT2D eigenvalue weighted by Crippen LogP contribution is -2.23. The van der Waals surface area contributed by atoms with Gasteiger partial charge in [-0.2, -0.15) is 0 Å². The van der Waals surface area contributed by atoms with Gasteiger partial charge in [0.1, 0.15) is 5.15 Å². The van der Waals surface area contributed by atoms with Crippen LogP contribution in [0.3, 0.4) is 0 Å². The van der Waals surface area contributed by atoms with Crippen molar-refractivity contribution in [2.45, 2.75) is 19.4 Å². The summed E-state index contributed by atoms with van der Waals surface area (Å²) >= 11 is 11.4. The molecule has 5 heteroatoms. The van der Waals surface area contributed by atoms with Crippen molar-refractivity contribution in [2.24, 2.45) is 5.92 Å². The van der Waals surface area contributed by atoms with E-state index in [4.69, 9.17) is 23.2 Å². The highest BCUT2D eigenvalue weighted by Gasteiger charge is 2.12. The SMILES string of the molecule is O=c1c(Cl)nc(Cl)cn1CC1C=CCC1. The summed E-state index contributed by atoms with van der Waals surface area (Å²) < 4.78 is 1.53. The molecule has 1 aromatic heterocycles. The molecule has 0 fully saturated rings. The van der Waals surface area contributed by atoms with Gasteiger partial charge in [0.15, 0.2) is 5.15 Å². The van der Waals surface area contributed by atoms with Crippen molar-refractivity contribution in [3.05, 3.63) is 39.0 Å². The molecular formula is C10H10Cl2N2O. The maximum Gasteiger partial charge on any atom is 0.288 e. The Balaban J connectivity index is 2.27. The van der Waals surface area contributed by atoms with E-state index in [1.165, 1.54) is 10.8 Å². The second-order valence-corrected chi connectivity index (χ2v) is 4.32. The molecule has 1 unspecified atom stereocenters. The molecule has 0 N–H and O–H groups in total. The average Bonchev–Trinajstić information content (AvgIpc) is 2.66. The van der Waals surface area contributed by atoms with Gasteiger partial charge in [0.05, 0.1) is 0 Å². The highest BCUT2D eigenvalue weighted by molar-refractivity contribution is 6.32.